The molecule has 1 heterocycles. The van der Waals surface area contributed by atoms with Crippen molar-refractivity contribution in [1.82, 2.24) is 4.90 Å². The number of nitrogen functional groups attached to an aromatic ring is 1. The highest BCUT2D eigenvalue weighted by atomic mass is 16.5. The topological polar surface area (TPSA) is 76.8 Å². The molecule has 3 aromatic rings. The number of fused-ring (bicyclic) bond motifs is 3. The van der Waals surface area contributed by atoms with Gasteiger partial charge in [0.25, 0.3) is 0 Å². The summed E-state index contributed by atoms with van der Waals surface area (Å²) in [5, 5.41) is 3.17. The van der Waals surface area contributed by atoms with Gasteiger partial charge in [0, 0.05) is 38.2 Å². The van der Waals surface area contributed by atoms with Crippen molar-refractivity contribution in [2.24, 2.45) is 5.41 Å². The number of hydrogen-bond donors (Lipinski definition) is 2. The summed E-state index contributed by atoms with van der Waals surface area (Å²) in [4.78, 5) is 15.7. The second kappa shape index (κ2) is 11.8. The Morgan fingerprint density at radius 1 is 1.10 bits per heavy atom. The van der Waals surface area contributed by atoms with E-state index in [1.54, 1.807) is 0 Å². The first-order valence-corrected chi connectivity index (χ1v) is 14.9. The fourth-order valence-corrected chi connectivity index (χ4v) is 6.80. The molecule has 1 aliphatic carbocycles. The summed E-state index contributed by atoms with van der Waals surface area (Å²) < 4.78 is 11.7. The van der Waals surface area contributed by atoms with Crippen molar-refractivity contribution in [2.45, 2.75) is 72.4 Å². The number of nitrogens with zero attached hydrogens (tertiary/aromatic N) is 1. The van der Waals surface area contributed by atoms with Crippen molar-refractivity contribution in [3.63, 3.8) is 0 Å². The van der Waals surface area contributed by atoms with Gasteiger partial charge in [0.1, 0.15) is 12.4 Å². The van der Waals surface area contributed by atoms with Gasteiger partial charge in [0.05, 0.1) is 23.9 Å². The number of esters is 1. The van der Waals surface area contributed by atoms with Crippen LogP contribution in [0.3, 0.4) is 0 Å². The smallest absolute Gasteiger partial charge is 0.312 e. The summed E-state index contributed by atoms with van der Waals surface area (Å²) in [5.74, 6) is 0.653. The molecule has 1 unspecified atom stereocenters. The highest BCUT2D eigenvalue weighted by molar-refractivity contribution is 5.79. The molecule has 0 bridgehead atoms. The third-order valence-electron chi connectivity index (χ3n) is 9.28. The van der Waals surface area contributed by atoms with E-state index in [1.807, 2.05) is 33.9 Å². The minimum atomic E-state index is -0.811. The van der Waals surface area contributed by atoms with Gasteiger partial charge in [-0.2, -0.15) is 0 Å². The quantitative estimate of drug-likeness (QED) is 0.255. The lowest BCUT2D eigenvalue weighted by atomic mass is 9.69. The van der Waals surface area contributed by atoms with Crippen LogP contribution in [0.15, 0.2) is 42.5 Å². The van der Waals surface area contributed by atoms with E-state index in [0.29, 0.717) is 12.3 Å². The fraction of sp³-hybridized carbons (Fsp3) is 0.457. The second-order valence-electron chi connectivity index (χ2n) is 12.3. The van der Waals surface area contributed by atoms with E-state index in [-0.39, 0.29) is 11.9 Å². The van der Waals surface area contributed by atoms with Crippen molar-refractivity contribution in [2.75, 3.05) is 38.4 Å². The lowest BCUT2D eigenvalue weighted by Gasteiger charge is -2.34. The van der Waals surface area contributed by atoms with E-state index in [0.717, 1.165) is 60.6 Å². The Kier molecular flexibility index (Phi) is 8.32. The Labute approximate surface area is 245 Å². The van der Waals surface area contributed by atoms with Crippen LogP contribution in [0.4, 0.5) is 11.4 Å². The molecular weight excluding hydrogens is 510 g/mol. The maximum Gasteiger partial charge on any atom is 0.312 e. The molecule has 41 heavy (non-hydrogen) atoms. The normalized spacial score (nSPS) is 16.1. The standard InChI is InChI=1S/C35H45N3O3/c1-22-11-12-25(31(35(3,4)34(39)40-6)28-15-16-30(37-5)32(36)23(28)2)19-27(22)21-38-17-18-41-33-26(20-38)14-13-24-9-7-8-10-29(24)33/h11-16,19,31,37H,7-10,17-18,20-21,36H2,1-6H3. The van der Waals surface area contributed by atoms with Crippen molar-refractivity contribution >= 4 is 17.3 Å². The Bertz CT molecular complexity index is 1450. The highest BCUT2D eigenvalue weighted by Gasteiger charge is 2.41. The molecule has 0 saturated heterocycles. The predicted molar refractivity (Wildman–Crippen MR) is 167 cm³/mol. The minimum absolute atomic E-state index is 0.234. The predicted octanol–water partition coefficient (Wildman–Crippen LogP) is 6.53. The summed E-state index contributed by atoms with van der Waals surface area (Å²) in [5.41, 5.74) is 17.1. The molecule has 0 saturated carbocycles. The van der Waals surface area contributed by atoms with Gasteiger partial charge in [0.2, 0.25) is 0 Å². The molecule has 3 N–H and O–H groups in total. The number of carbonyl (C=O) groups excluding carboxylic acids is 1. The molecule has 1 atom stereocenters. The molecule has 0 aromatic heterocycles. The van der Waals surface area contributed by atoms with Gasteiger partial charge in [-0.3, -0.25) is 9.69 Å². The first kappa shape index (κ1) is 29.0. The van der Waals surface area contributed by atoms with Gasteiger partial charge in [-0.15, -0.1) is 0 Å². The third kappa shape index (κ3) is 5.54. The van der Waals surface area contributed by atoms with Gasteiger partial charge in [-0.1, -0.05) is 36.4 Å². The molecule has 218 valence electrons. The first-order valence-electron chi connectivity index (χ1n) is 14.9. The molecular formula is C35H45N3O3. The van der Waals surface area contributed by atoms with Gasteiger partial charge in [-0.05, 0) is 98.4 Å². The van der Waals surface area contributed by atoms with Gasteiger partial charge >= 0.3 is 5.97 Å². The SMILES string of the molecule is CNc1ccc(C(c2ccc(C)c(CN3CCOc4c(ccc5c4CCCC5)C3)c2)C(C)(C)C(=O)OC)c(C)c1N. The number of benzene rings is 3. The Morgan fingerprint density at radius 3 is 2.61 bits per heavy atom. The van der Waals surface area contributed by atoms with Crippen LogP contribution < -0.4 is 15.8 Å². The van der Waals surface area contributed by atoms with E-state index in [4.69, 9.17) is 15.2 Å². The minimum Gasteiger partial charge on any atom is -0.492 e. The molecule has 6 heteroatoms. The number of ether oxygens (including phenoxy) is 2. The zero-order chi connectivity index (χ0) is 29.3. The third-order valence-corrected chi connectivity index (χ3v) is 9.28. The average molecular weight is 556 g/mol. The highest BCUT2D eigenvalue weighted by Crippen LogP contribution is 2.45. The van der Waals surface area contributed by atoms with E-state index in [9.17, 15) is 4.79 Å². The Hall–Kier alpha value is -3.51. The van der Waals surface area contributed by atoms with Crippen LogP contribution in [0, 0.1) is 19.3 Å². The summed E-state index contributed by atoms with van der Waals surface area (Å²) in [7, 11) is 3.33. The van der Waals surface area contributed by atoms with Crippen LogP contribution in [-0.4, -0.2) is 38.2 Å². The number of methoxy groups -OCH3 is 1. The van der Waals surface area contributed by atoms with Crippen molar-refractivity contribution < 1.29 is 14.3 Å². The average Bonchev–Trinajstić information content (AvgIpc) is 3.18. The van der Waals surface area contributed by atoms with E-state index in [1.165, 1.54) is 47.8 Å². The van der Waals surface area contributed by atoms with Crippen molar-refractivity contribution in [3.05, 3.63) is 87.0 Å². The lowest BCUT2D eigenvalue weighted by Crippen LogP contribution is -2.34. The molecule has 3 aromatic carbocycles. The summed E-state index contributed by atoms with van der Waals surface area (Å²) in [6.45, 7) is 11.4. The molecule has 0 spiro atoms. The zero-order valence-electron chi connectivity index (χ0n) is 25.5. The number of carbonyl (C=O) groups is 1. The molecule has 1 aliphatic heterocycles. The summed E-state index contributed by atoms with van der Waals surface area (Å²) in [6, 6.07) is 15.3. The Balaban J connectivity index is 1.50. The molecule has 2 aliphatic rings. The van der Waals surface area contributed by atoms with Gasteiger partial charge in [-0.25, -0.2) is 0 Å². The number of nitrogens with one attached hydrogen (secondary N) is 1. The summed E-state index contributed by atoms with van der Waals surface area (Å²) >= 11 is 0. The van der Waals surface area contributed by atoms with Crippen molar-refractivity contribution in [1.29, 1.82) is 0 Å². The number of aryl methyl sites for hydroxylation is 2. The molecule has 0 amide bonds. The monoisotopic (exact) mass is 555 g/mol. The van der Waals surface area contributed by atoms with Crippen LogP contribution in [0.25, 0.3) is 0 Å². The van der Waals surface area contributed by atoms with Crippen LogP contribution >= 0.6 is 0 Å². The van der Waals surface area contributed by atoms with Crippen LogP contribution in [0.5, 0.6) is 5.75 Å². The van der Waals surface area contributed by atoms with Gasteiger partial charge in [0.15, 0.2) is 0 Å². The molecule has 0 radical (unpaired) electrons. The van der Waals surface area contributed by atoms with Crippen molar-refractivity contribution in [3.8, 4) is 5.75 Å². The van der Waals surface area contributed by atoms with E-state index in [2.05, 4.69) is 53.5 Å². The maximum atomic E-state index is 13.2. The molecule has 6 nitrogen and oxygen atoms in total. The van der Waals surface area contributed by atoms with E-state index < -0.39 is 5.41 Å². The largest absolute Gasteiger partial charge is 0.492 e. The number of nitrogens with two attached hydrogens (primary N) is 1. The zero-order valence-corrected chi connectivity index (χ0v) is 25.5. The lowest BCUT2D eigenvalue weighted by molar-refractivity contribution is -0.151. The van der Waals surface area contributed by atoms with Gasteiger partial charge < -0.3 is 20.5 Å². The first-order chi connectivity index (χ1) is 19.6. The second-order valence-corrected chi connectivity index (χ2v) is 12.3. The fourth-order valence-electron chi connectivity index (χ4n) is 6.80. The number of rotatable bonds is 7. The number of hydrogen-bond acceptors (Lipinski definition) is 6. The van der Waals surface area contributed by atoms with E-state index >= 15 is 0 Å². The van der Waals surface area contributed by atoms with Crippen LogP contribution in [0.1, 0.15) is 77.1 Å². The molecule has 0 fully saturated rings. The van der Waals surface area contributed by atoms with Crippen LogP contribution in [-0.2, 0) is 35.5 Å². The summed E-state index contributed by atoms with van der Waals surface area (Å²) in [6.07, 6.45) is 4.80. The molecule has 5 rings (SSSR count). The Morgan fingerprint density at radius 2 is 1.85 bits per heavy atom. The maximum absolute atomic E-state index is 13.2. The van der Waals surface area contributed by atoms with Crippen LogP contribution in [0.2, 0.25) is 0 Å². The number of anilines is 2.